The van der Waals surface area contributed by atoms with E-state index in [2.05, 4.69) is 5.32 Å². The van der Waals surface area contributed by atoms with Crippen LogP contribution < -0.4 is 5.32 Å². The predicted molar refractivity (Wildman–Crippen MR) is 65.7 cm³/mol. The minimum atomic E-state index is -0.250. The number of anilines is 1. The molecule has 1 aromatic carbocycles. The number of hydrogen-bond donors (Lipinski definition) is 2. The van der Waals surface area contributed by atoms with E-state index in [4.69, 9.17) is 11.6 Å². The largest absolute Gasteiger partial charge is 0.506 e. The second kappa shape index (κ2) is 5.98. The fraction of sp³-hybridized carbons (Fsp3) is 0.0833. The van der Waals surface area contributed by atoms with Gasteiger partial charge in [0.25, 0.3) is 0 Å². The zero-order valence-corrected chi connectivity index (χ0v) is 9.53. The monoisotopic (exact) mass is 237 g/mol. The Balaban J connectivity index is 2.66. The number of hydrogen-bond acceptors (Lipinski definition) is 2. The zero-order valence-electron chi connectivity index (χ0n) is 8.77. The summed E-state index contributed by atoms with van der Waals surface area (Å²) in [6.45, 7) is 1.86. The van der Waals surface area contributed by atoms with Crippen molar-refractivity contribution < 1.29 is 9.90 Å². The van der Waals surface area contributed by atoms with E-state index < -0.39 is 0 Å². The van der Waals surface area contributed by atoms with Crippen LogP contribution in [0.2, 0.25) is 5.02 Å². The molecule has 0 radical (unpaired) electrons. The van der Waals surface area contributed by atoms with Gasteiger partial charge in [0.1, 0.15) is 5.75 Å². The number of allylic oxidation sites excluding steroid dienone is 3. The van der Waals surface area contributed by atoms with Crippen LogP contribution in [-0.2, 0) is 4.79 Å². The van der Waals surface area contributed by atoms with Crippen molar-refractivity contribution in [3.63, 3.8) is 0 Å². The first-order chi connectivity index (χ1) is 7.63. The average Bonchev–Trinajstić information content (AvgIpc) is 2.24. The molecule has 4 heteroatoms. The summed E-state index contributed by atoms with van der Waals surface area (Å²) in [6.07, 6.45) is 6.61. The molecular formula is C12H12ClNO2. The summed E-state index contributed by atoms with van der Waals surface area (Å²) in [5.74, 6) is -0.260. The molecule has 84 valence electrons. The minimum absolute atomic E-state index is 0.0101. The summed E-state index contributed by atoms with van der Waals surface area (Å²) in [5.41, 5.74) is 0.540. The molecule has 0 saturated carbocycles. The number of halogens is 1. The number of phenolic OH excluding ortho intramolecular Hbond substituents is 1. The minimum Gasteiger partial charge on any atom is -0.506 e. The maximum Gasteiger partial charge on any atom is 0.248 e. The Labute approximate surface area is 99.1 Å². The smallest absolute Gasteiger partial charge is 0.248 e. The molecule has 0 bridgehead atoms. The highest BCUT2D eigenvalue weighted by Gasteiger charge is 2.01. The van der Waals surface area contributed by atoms with Crippen molar-refractivity contribution in [1.29, 1.82) is 0 Å². The lowest BCUT2D eigenvalue weighted by atomic mass is 10.3. The maximum atomic E-state index is 11.3. The van der Waals surface area contributed by atoms with Gasteiger partial charge in [-0.05, 0) is 25.1 Å². The Hall–Kier alpha value is -1.74. The number of nitrogens with one attached hydrogen (secondary N) is 1. The molecule has 0 unspecified atom stereocenters. The number of amides is 1. The van der Waals surface area contributed by atoms with Crippen molar-refractivity contribution in [3.8, 4) is 5.75 Å². The topological polar surface area (TPSA) is 49.3 Å². The van der Waals surface area contributed by atoms with Gasteiger partial charge in [-0.1, -0.05) is 29.8 Å². The van der Waals surface area contributed by atoms with Gasteiger partial charge in [-0.25, -0.2) is 0 Å². The van der Waals surface area contributed by atoms with Gasteiger partial charge in [-0.15, -0.1) is 0 Å². The molecule has 0 saturated heterocycles. The van der Waals surface area contributed by atoms with Crippen molar-refractivity contribution in [2.24, 2.45) is 0 Å². The molecule has 1 aromatic rings. The van der Waals surface area contributed by atoms with E-state index in [1.165, 1.54) is 18.2 Å². The number of rotatable bonds is 3. The van der Waals surface area contributed by atoms with Crippen LogP contribution in [0.3, 0.4) is 0 Å². The Morgan fingerprint density at radius 2 is 2.19 bits per heavy atom. The second-order valence-electron chi connectivity index (χ2n) is 3.04. The van der Waals surface area contributed by atoms with Crippen LogP contribution in [0.1, 0.15) is 6.92 Å². The van der Waals surface area contributed by atoms with Crippen LogP contribution in [-0.4, -0.2) is 11.0 Å². The normalized spacial score (nSPS) is 11.1. The fourth-order valence-corrected chi connectivity index (χ4v) is 1.20. The van der Waals surface area contributed by atoms with Crippen molar-refractivity contribution in [2.75, 3.05) is 5.32 Å². The molecule has 0 heterocycles. The molecule has 1 amide bonds. The molecule has 0 fully saturated rings. The molecule has 1 rings (SSSR count). The van der Waals surface area contributed by atoms with Crippen LogP contribution in [0.15, 0.2) is 42.5 Å². The third kappa shape index (κ3) is 3.79. The molecule has 0 aliphatic carbocycles. The lowest BCUT2D eigenvalue weighted by Crippen LogP contribution is -2.07. The lowest BCUT2D eigenvalue weighted by Gasteiger charge is -2.03. The number of carbonyl (C=O) groups is 1. The highest BCUT2D eigenvalue weighted by molar-refractivity contribution is 6.32. The summed E-state index contributed by atoms with van der Waals surface area (Å²) in [4.78, 5) is 11.3. The van der Waals surface area contributed by atoms with Crippen LogP contribution >= 0.6 is 11.6 Å². The highest BCUT2D eigenvalue weighted by Crippen LogP contribution is 2.25. The van der Waals surface area contributed by atoms with Gasteiger partial charge in [-0.3, -0.25) is 4.79 Å². The Kier molecular flexibility index (Phi) is 4.61. The lowest BCUT2D eigenvalue weighted by molar-refractivity contribution is -0.111. The van der Waals surface area contributed by atoms with E-state index in [1.807, 2.05) is 13.0 Å². The van der Waals surface area contributed by atoms with Gasteiger partial charge < -0.3 is 10.4 Å². The summed E-state index contributed by atoms with van der Waals surface area (Å²) in [6, 6.07) is 4.48. The summed E-state index contributed by atoms with van der Waals surface area (Å²) < 4.78 is 0. The molecule has 0 spiro atoms. The third-order valence-electron chi connectivity index (χ3n) is 1.77. The molecule has 3 nitrogen and oxygen atoms in total. The van der Waals surface area contributed by atoms with Crippen molar-refractivity contribution in [2.45, 2.75) is 6.92 Å². The predicted octanol–water partition coefficient (Wildman–Crippen LogP) is 3.12. The Bertz CT molecular complexity index is 439. The van der Waals surface area contributed by atoms with Crippen molar-refractivity contribution in [1.82, 2.24) is 0 Å². The van der Waals surface area contributed by atoms with E-state index in [-0.39, 0.29) is 16.7 Å². The molecule has 0 aliphatic heterocycles. The zero-order chi connectivity index (χ0) is 12.0. The summed E-state index contributed by atoms with van der Waals surface area (Å²) >= 11 is 5.69. The first kappa shape index (κ1) is 12.3. The van der Waals surface area contributed by atoms with Crippen molar-refractivity contribution >= 4 is 23.2 Å². The molecule has 0 atom stereocenters. The van der Waals surface area contributed by atoms with Gasteiger partial charge in [0, 0.05) is 11.8 Å². The average molecular weight is 238 g/mol. The first-order valence-electron chi connectivity index (χ1n) is 4.72. The molecule has 16 heavy (non-hydrogen) atoms. The number of aromatic hydroxyl groups is 1. The molecule has 0 aliphatic rings. The van der Waals surface area contributed by atoms with Crippen LogP contribution in [0, 0.1) is 0 Å². The molecule has 2 N–H and O–H groups in total. The second-order valence-corrected chi connectivity index (χ2v) is 3.45. The summed E-state index contributed by atoms with van der Waals surface area (Å²) in [5, 5.41) is 12.0. The van der Waals surface area contributed by atoms with Crippen LogP contribution in [0.25, 0.3) is 0 Å². The van der Waals surface area contributed by atoms with E-state index in [0.29, 0.717) is 5.69 Å². The Morgan fingerprint density at radius 3 is 2.81 bits per heavy atom. The van der Waals surface area contributed by atoms with Gasteiger partial charge in [0.05, 0.1) is 5.02 Å². The standard InChI is InChI=1S/C12H12ClNO2/c1-2-3-4-5-12(16)14-9-6-7-11(15)10(13)8-9/h2-8,15H,1H3,(H,14,16). The third-order valence-corrected chi connectivity index (χ3v) is 2.07. The number of carbonyl (C=O) groups excluding carboxylic acids is 1. The van der Waals surface area contributed by atoms with Gasteiger partial charge in [0.2, 0.25) is 5.91 Å². The molecular weight excluding hydrogens is 226 g/mol. The highest BCUT2D eigenvalue weighted by atomic mass is 35.5. The first-order valence-corrected chi connectivity index (χ1v) is 5.10. The fourth-order valence-electron chi connectivity index (χ4n) is 1.02. The van der Waals surface area contributed by atoms with Crippen molar-refractivity contribution in [3.05, 3.63) is 47.5 Å². The van der Waals surface area contributed by atoms with Gasteiger partial charge in [-0.2, -0.15) is 0 Å². The van der Waals surface area contributed by atoms with E-state index in [0.717, 1.165) is 0 Å². The van der Waals surface area contributed by atoms with E-state index >= 15 is 0 Å². The van der Waals surface area contributed by atoms with Gasteiger partial charge >= 0.3 is 0 Å². The summed E-state index contributed by atoms with van der Waals surface area (Å²) in [7, 11) is 0. The quantitative estimate of drug-likeness (QED) is 0.482. The van der Waals surface area contributed by atoms with E-state index in [9.17, 15) is 9.90 Å². The number of benzene rings is 1. The maximum absolute atomic E-state index is 11.3. The van der Waals surface area contributed by atoms with Crippen LogP contribution in [0.4, 0.5) is 5.69 Å². The molecule has 0 aromatic heterocycles. The Morgan fingerprint density at radius 1 is 1.44 bits per heavy atom. The SMILES string of the molecule is CC=CC=CC(=O)Nc1ccc(O)c(Cl)c1. The number of phenols is 1. The van der Waals surface area contributed by atoms with Gasteiger partial charge in [0.15, 0.2) is 0 Å². The van der Waals surface area contributed by atoms with E-state index in [1.54, 1.807) is 18.2 Å². The van der Waals surface area contributed by atoms with Crippen LogP contribution in [0.5, 0.6) is 5.75 Å².